The maximum atomic E-state index is 10.7. The van der Waals surface area contributed by atoms with Gasteiger partial charge in [0.2, 0.25) is 0 Å². The first kappa shape index (κ1) is 16.5. The highest BCUT2D eigenvalue weighted by atomic mass is 16.6. The number of rotatable bonds is 6. The molecule has 0 aliphatic carbocycles. The van der Waals surface area contributed by atoms with E-state index in [4.69, 9.17) is 5.26 Å². The lowest BCUT2D eigenvalue weighted by Gasteiger charge is -2.22. The summed E-state index contributed by atoms with van der Waals surface area (Å²) in [6.45, 7) is 1.80. The van der Waals surface area contributed by atoms with Gasteiger partial charge >= 0.3 is 0 Å². The number of hydrogen-bond acceptors (Lipinski definition) is 5. The van der Waals surface area contributed by atoms with E-state index in [0.717, 1.165) is 5.56 Å². The molecule has 23 heavy (non-hydrogen) atoms. The first-order valence-electron chi connectivity index (χ1n) is 7.18. The molecule has 0 amide bonds. The van der Waals surface area contributed by atoms with Crippen molar-refractivity contribution in [1.29, 1.82) is 5.26 Å². The van der Waals surface area contributed by atoms with E-state index in [2.05, 4.69) is 5.32 Å². The first-order chi connectivity index (χ1) is 11.0. The molecule has 0 aliphatic heterocycles. The zero-order valence-corrected chi connectivity index (χ0v) is 12.6. The van der Waals surface area contributed by atoms with E-state index in [0.29, 0.717) is 12.1 Å². The number of non-ortho nitro benzene ring substituents is 1. The summed E-state index contributed by atoms with van der Waals surface area (Å²) in [6, 6.07) is 15.3. The third kappa shape index (κ3) is 4.28. The highest BCUT2D eigenvalue weighted by Gasteiger charge is 2.17. The molecule has 0 saturated carbocycles. The smallest absolute Gasteiger partial charge is 0.270 e. The molecular weight excluding hydrogens is 294 g/mol. The highest BCUT2D eigenvalue weighted by Crippen LogP contribution is 2.22. The Labute approximate surface area is 134 Å². The van der Waals surface area contributed by atoms with Gasteiger partial charge in [-0.3, -0.25) is 10.1 Å². The fraction of sp³-hybridized carbons (Fsp3) is 0.235. The van der Waals surface area contributed by atoms with Gasteiger partial charge in [-0.2, -0.15) is 5.26 Å². The van der Waals surface area contributed by atoms with Crippen molar-refractivity contribution in [3.05, 3.63) is 69.8 Å². The molecule has 118 valence electrons. The average molecular weight is 311 g/mol. The Morgan fingerprint density at radius 1 is 1.30 bits per heavy atom. The Morgan fingerprint density at radius 3 is 2.61 bits per heavy atom. The molecule has 0 radical (unpaired) electrons. The number of nitrogens with zero attached hydrogens (tertiary/aromatic N) is 2. The Hall–Kier alpha value is -2.91. The van der Waals surface area contributed by atoms with Crippen LogP contribution in [0.3, 0.4) is 0 Å². The second-order valence-corrected chi connectivity index (χ2v) is 5.29. The molecule has 0 aromatic heterocycles. The third-order valence-corrected chi connectivity index (χ3v) is 3.58. The molecule has 2 atom stereocenters. The van der Waals surface area contributed by atoms with Gasteiger partial charge in [0.05, 0.1) is 22.3 Å². The van der Waals surface area contributed by atoms with E-state index in [1.54, 1.807) is 6.92 Å². The Kier molecular flexibility index (Phi) is 5.28. The second-order valence-electron chi connectivity index (χ2n) is 5.29. The van der Waals surface area contributed by atoms with Crippen molar-refractivity contribution >= 4 is 11.4 Å². The molecule has 6 nitrogen and oxygen atoms in total. The van der Waals surface area contributed by atoms with E-state index in [9.17, 15) is 15.2 Å². The van der Waals surface area contributed by atoms with Gasteiger partial charge in [-0.25, -0.2) is 0 Å². The minimum atomic E-state index is -0.654. The van der Waals surface area contributed by atoms with Crippen LogP contribution in [0.5, 0.6) is 0 Å². The SMILES string of the molecule is CC(Nc1ccc([N+](=O)[O-])cc1C#N)C(O)Cc1ccccc1. The molecule has 2 aromatic rings. The van der Waals surface area contributed by atoms with Gasteiger partial charge in [0.1, 0.15) is 6.07 Å². The van der Waals surface area contributed by atoms with Crippen molar-refractivity contribution in [1.82, 2.24) is 0 Å². The first-order valence-corrected chi connectivity index (χ1v) is 7.18. The lowest BCUT2D eigenvalue weighted by atomic mass is 10.0. The number of nitro benzene ring substituents is 1. The van der Waals surface area contributed by atoms with Crippen LogP contribution in [0.25, 0.3) is 0 Å². The predicted molar refractivity (Wildman–Crippen MR) is 87.0 cm³/mol. The predicted octanol–water partition coefficient (Wildman–Crippen LogP) is 2.87. The summed E-state index contributed by atoms with van der Waals surface area (Å²) in [7, 11) is 0. The summed E-state index contributed by atoms with van der Waals surface area (Å²) in [5.41, 5.74) is 1.53. The van der Waals surface area contributed by atoms with Crippen molar-refractivity contribution in [3.63, 3.8) is 0 Å². The minimum absolute atomic E-state index is 0.135. The fourth-order valence-electron chi connectivity index (χ4n) is 2.24. The zero-order chi connectivity index (χ0) is 16.8. The normalized spacial score (nSPS) is 12.9. The fourth-order valence-corrected chi connectivity index (χ4v) is 2.24. The molecule has 0 bridgehead atoms. The van der Waals surface area contributed by atoms with Crippen LogP contribution in [-0.4, -0.2) is 22.2 Å². The molecule has 2 unspecified atom stereocenters. The van der Waals surface area contributed by atoms with E-state index in [1.807, 2.05) is 36.4 Å². The van der Waals surface area contributed by atoms with Crippen LogP contribution >= 0.6 is 0 Å². The van der Waals surface area contributed by atoms with Crippen LogP contribution in [0.2, 0.25) is 0 Å². The number of nitrogens with one attached hydrogen (secondary N) is 1. The molecule has 6 heteroatoms. The maximum Gasteiger partial charge on any atom is 0.270 e. The van der Waals surface area contributed by atoms with Gasteiger partial charge in [0.25, 0.3) is 5.69 Å². The molecule has 0 saturated heterocycles. The number of aliphatic hydroxyl groups excluding tert-OH is 1. The molecular formula is C17H17N3O3. The molecule has 2 N–H and O–H groups in total. The van der Waals surface area contributed by atoms with Crippen LogP contribution in [-0.2, 0) is 6.42 Å². The molecule has 0 aliphatic rings. The second kappa shape index (κ2) is 7.38. The third-order valence-electron chi connectivity index (χ3n) is 3.58. The van der Waals surface area contributed by atoms with Crippen molar-refractivity contribution in [3.8, 4) is 6.07 Å². The van der Waals surface area contributed by atoms with Crippen LogP contribution in [0.4, 0.5) is 11.4 Å². The van der Waals surface area contributed by atoms with Crippen molar-refractivity contribution in [2.45, 2.75) is 25.5 Å². The summed E-state index contributed by atoms with van der Waals surface area (Å²) < 4.78 is 0. The average Bonchev–Trinajstić information content (AvgIpc) is 2.55. The van der Waals surface area contributed by atoms with Gasteiger partial charge in [-0.15, -0.1) is 0 Å². The standard InChI is InChI=1S/C17H17N3O3/c1-12(17(21)9-13-5-3-2-4-6-13)19-16-8-7-15(20(22)23)10-14(16)11-18/h2-8,10,12,17,19,21H,9H2,1H3. The number of hydrogen-bond donors (Lipinski definition) is 2. The number of benzene rings is 2. The van der Waals surface area contributed by atoms with Gasteiger partial charge in [-0.1, -0.05) is 30.3 Å². The Bertz CT molecular complexity index is 726. The molecule has 2 aromatic carbocycles. The number of aliphatic hydroxyl groups is 1. The van der Waals surface area contributed by atoms with Gasteiger partial charge < -0.3 is 10.4 Å². The Balaban J connectivity index is 2.09. The maximum absolute atomic E-state index is 10.7. The van der Waals surface area contributed by atoms with Crippen LogP contribution < -0.4 is 5.32 Å². The summed E-state index contributed by atoms with van der Waals surface area (Å²) in [5.74, 6) is 0. The van der Waals surface area contributed by atoms with E-state index in [1.165, 1.54) is 18.2 Å². The van der Waals surface area contributed by atoms with Crippen LogP contribution in [0.1, 0.15) is 18.1 Å². The van der Waals surface area contributed by atoms with Crippen molar-refractivity contribution in [2.75, 3.05) is 5.32 Å². The Morgan fingerprint density at radius 2 is 2.00 bits per heavy atom. The summed E-state index contributed by atoms with van der Waals surface area (Å²) in [4.78, 5) is 10.2. The highest BCUT2D eigenvalue weighted by molar-refractivity contribution is 5.61. The van der Waals surface area contributed by atoms with E-state index < -0.39 is 11.0 Å². The molecule has 0 spiro atoms. The number of anilines is 1. The number of nitro groups is 1. The minimum Gasteiger partial charge on any atom is -0.391 e. The van der Waals surface area contributed by atoms with Crippen LogP contribution in [0.15, 0.2) is 48.5 Å². The summed E-state index contributed by atoms with van der Waals surface area (Å²) >= 11 is 0. The van der Waals surface area contributed by atoms with Crippen molar-refractivity contribution in [2.24, 2.45) is 0 Å². The van der Waals surface area contributed by atoms with Crippen LogP contribution in [0, 0.1) is 21.4 Å². The molecule has 0 heterocycles. The molecule has 2 rings (SSSR count). The number of nitriles is 1. The van der Waals surface area contributed by atoms with E-state index in [-0.39, 0.29) is 17.3 Å². The lowest BCUT2D eigenvalue weighted by Crippen LogP contribution is -2.32. The zero-order valence-electron chi connectivity index (χ0n) is 12.6. The van der Waals surface area contributed by atoms with Gasteiger partial charge in [0.15, 0.2) is 0 Å². The largest absolute Gasteiger partial charge is 0.391 e. The monoisotopic (exact) mass is 311 g/mol. The molecule has 0 fully saturated rings. The lowest BCUT2D eigenvalue weighted by molar-refractivity contribution is -0.384. The summed E-state index contributed by atoms with van der Waals surface area (Å²) in [6.07, 6.45) is -0.178. The summed E-state index contributed by atoms with van der Waals surface area (Å²) in [5, 5.41) is 33.2. The van der Waals surface area contributed by atoms with Gasteiger partial charge in [-0.05, 0) is 18.6 Å². The van der Waals surface area contributed by atoms with Gasteiger partial charge in [0, 0.05) is 24.6 Å². The van der Waals surface area contributed by atoms with E-state index >= 15 is 0 Å². The van der Waals surface area contributed by atoms with Crippen molar-refractivity contribution < 1.29 is 10.0 Å². The topological polar surface area (TPSA) is 99.2 Å². The quantitative estimate of drug-likeness (QED) is 0.631.